The van der Waals surface area contributed by atoms with Crippen LogP contribution in [0.15, 0.2) is 36.9 Å². The van der Waals surface area contributed by atoms with Crippen LogP contribution >= 0.6 is 22.6 Å². The van der Waals surface area contributed by atoms with E-state index in [0.717, 1.165) is 27.3 Å². The summed E-state index contributed by atoms with van der Waals surface area (Å²) in [6.45, 7) is 12.7. The maximum atomic E-state index is 6.27. The number of aromatic nitrogens is 4. The standard InChI is InChI=1S/C20H25IN4OSi/c1-20(2,3)27(4,5)26-13-12-24-11-9-22-18(24)7-6-16-8-10-25-17(21)15-23-19(25)14-16/h8-11,14-15H,12-13H2,1-5H3. The van der Waals surface area contributed by atoms with Crippen molar-refractivity contribution in [3.05, 3.63) is 52.0 Å². The lowest BCUT2D eigenvalue weighted by Gasteiger charge is -2.36. The molecule has 3 heterocycles. The first-order chi connectivity index (χ1) is 12.7. The summed E-state index contributed by atoms with van der Waals surface area (Å²) >= 11 is 2.26. The van der Waals surface area contributed by atoms with Crippen LogP contribution < -0.4 is 0 Å². The number of halogens is 1. The lowest BCUT2D eigenvalue weighted by molar-refractivity contribution is 0.271. The quantitative estimate of drug-likeness (QED) is 0.305. The van der Waals surface area contributed by atoms with Gasteiger partial charge in [0.05, 0.1) is 12.8 Å². The SMILES string of the molecule is CC(C)(C)[Si](C)(C)OCCn1ccnc1C#Cc1ccn2c(I)cnc2c1. The third kappa shape index (κ3) is 4.62. The minimum absolute atomic E-state index is 0.216. The van der Waals surface area contributed by atoms with Crippen molar-refractivity contribution in [2.45, 2.75) is 45.4 Å². The predicted octanol–water partition coefficient (Wildman–Crippen LogP) is 4.56. The molecule has 0 bridgehead atoms. The lowest BCUT2D eigenvalue weighted by Crippen LogP contribution is -2.41. The number of imidazole rings is 2. The molecule has 0 aromatic carbocycles. The van der Waals surface area contributed by atoms with E-state index in [1.54, 1.807) is 6.20 Å². The van der Waals surface area contributed by atoms with Gasteiger partial charge in [-0.1, -0.05) is 26.7 Å². The molecule has 3 aromatic rings. The summed E-state index contributed by atoms with van der Waals surface area (Å²) < 4.78 is 11.4. The number of fused-ring (bicyclic) bond motifs is 1. The van der Waals surface area contributed by atoms with Gasteiger partial charge in [-0.05, 0) is 58.8 Å². The molecule has 27 heavy (non-hydrogen) atoms. The molecule has 142 valence electrons. The van der Waals surface area contributed by atoms with Gasteiger partial charge in [0, 0.05) is 30.7 Å². The average molecular weight is 492 g/mol. The molecular formula is C20H25IN4OSi. The van der Waals surface area contributed by atoms with Crippen LogP contribution in [0.1, 0.15) is 32.2 Å². The Morgan fingerprint density at radius 2 is 1.96 bits per heavy atom. The van der Waals surface area contributed by atoms with Gasteiger partial charge in [-0.3, -0.25) is 4.40 Å². The second-order valence-electron chi connectivity index (χ2n) is 8.03. The van der Waals surface area contributed by atoms with Gasteiger partial charge in [0.15, 0.2) is 14.1 Å². The summed E-state index contributed by atoms with van der Waals surface area (Å²) in [5, 5.41) is 0.216. The Morgan fingerprint density at radius 1 is 1.19 bits per heavy atom. The smallest absolute Gasteiger partial charge is 0.192 e. The lowest BCUT2D eigenvalue weighted by atomic mass is 10.2. The Kier molecular flexibility index (Phi) is 5.79. The molecule has 0 spiro atoms. The molecule has 3 rings (SSSR count). The number of hydrogen-bond acceptors (Lipinski definition) is 3. The highest BCUT2D eigenvalue weighted by Gasteiger charge is 2.36. The number of pyridine rings is 1. The Balaban J connectivity index is 1.69. The van der Waals surface area contributed by atoms with E-state index in [1.807, 2.05) is 35.1 Å². The third-order valence-corrected chi connectivity index (χ3v) is 10.4. The van der Waals surface area contributed by atoms with Gasteiger partial charge >= 0.3 is 0 Å². The van der Waals surface area contributed by atoms with Crippen molar-refractivity contribution in [1.82, 2.24) is 18.9 Å². The molecule has 0 N–H and O–H groups in total. The molecule has 0 atom stereocenters. The summed E-state index contributed by atoms with van der Waals surface area (Å²) in [5.74, 6) is 7.13. The van der Waals surface area contributed by atoms with E-state index in [1.165, 1.54) is 0 Å². The van der Waals surface area contributed by atoms with E-state index < -0.39 is 8.32 Å². The Hall–Kier alpha value is -1.63. The van der Waals surface area contributed by atoms with Crippen molar-refractivity contribution in [3.8, 4) is 11.8 Å². The van der Waals surface area contributed by atoms with Gasteiger partial charge in [-0.2, -0.15) is 0 Å². The van der Waals surface area contributed by atoms with Crippen LogP contribution in [-0.2, 0) is 11.0 Å². The maximum absolute atomic E-state index is 6.27. The summed E-state index contributed by atoms with van der Waals surface area (Å²) in [7, 11) is -1.73. The molecule has 0 aliphatic rings. The highest BCUT2D eigenvalue weighted by molar-refractivity contribution is 14.1. The van der Waals surface area contributed by atoms with Crippen LogP contribution in [0.2, 0.25) is 18.1 Å². The van der Waals surface area contributed by atoms with Gasteiger partial charge in [0.2, 0.25) is 0 Å². The molecule has 7 heteroatoms. The number of nitrogens with zero attached hydrogens (tertiary/aromatic N) is 4. The Morgan fingerprint density at radius 3 is 2.70 bits per heavy atom. The monoisotopic (exact) mass is 492 g/mol. The van der Waals surface area contributed by atoms with Crippen LogP contribution in [0.4, 0.5) is 0 Å². The van der Waals surface area contributed by atoms with Crippen molar-refractivity contribution in [2.24, 2.45) is 0 Å². The second-order valence-corrected chi connectivity index (χ2v) is 13.9. The molecule has 0 unspecified atom stereocenters. The fourth-order valence-corrected chi connectivity index (χ4v) is 3.97. The predicted molar refractivity (Wildman–Crippen MR) is 119 cm³/mol. The first-order valence-corrected chi connectivity index (χ1v) is 13.0. The Bertz CT molecular complexity index is 1000. The van der Waals surface area contributed by atoms with Gasteiger partial charge in [0.1, 0.15) is 9.35 Å². The molecule has 0 radical (unpaired) electrons. The maximum Gasteiger partial charge on any atom is 0.192 e. The zero-order chi connectivity index (χ0) is 19.7. The summed E-state index contributed by atoms with van der Waals surface area (Å²) in [5.41, 5.74) is 1.83. The molecule has 3 aromatic heterocycles. The fourth-order valence-electron chi connectivity index (χ4n) is 2.38. The van der Waals surface area contributed by atoms with E-state index in [2.05, 4.69) is 82.8 Å². The van der Waals surface area contributed by atoms with Gasteiger partial charge in [-0.15, -0.1) is 0 Å². The first-order valence-electron chi connectivity index (χ1n) is 8.97. The van der Waals surface area contributed by atoms with Crippen molar-refractivity contribution in [1.29, 1.82) is 0 Å². The van der Waals surface area contributed by atoms with Crippen LogP contribution in [0, 0.1) is 15.5 Å². The molecule has 0 aliphatic carbocycles. The van der Waals surface area contributed by atoms with E-state index in [4.69, 9.17) is 4.43 Å². The molecule has 5 nitrogen and oxygen atoms in total. The van der Waals surface area contributed by atoms with Crippen molar-refractivity contribution < 1.29 is 4.43 Å². The molecule has 0 saturated heterocycles. The van der Waals surface area contributed by atoms with Gasteiger partial charge in [-0.25, -0.2) is 9.97 Å². The molecule has 0 amide bonds. The zero-order valence-electron chi connectivity index (χ0n) is 16.5. The minimum Gasteiger partial charge on any atom is -0.415 e. The van der Waals surface area contributed by atoms with Crippen LogP contribution in [0.25, 0.3) is 5.65 Å². The molecule has 0 fully saturated rings. The normalized spacial score (nSPS) is 12.2. The molecule has 0 aliphatic heterocycles. The van der Waals surface area contributed by atoms with E-state index in [0.29, 0.717) is 6.61 Å². The van der Waals surface area contributed by atoms with Gasteiger partial charge in [0.25, 0.3) is 0 Å². The highest BCUT2D eigenvalue weighted by atomic mass is 127. The van der Waals surface area contributed by atoms with Crippen LogP contribution in [0.3, 0.4) is 0 Å². The van der Waals surface area contributed by atoms with Crippen LogP contribution in [-0.4, -0.2) is 33.9 Å². The third-order valence-electron chi connectivity index (χ3n) is 5.10. The molecular weight excluding hydrogens is 467 g/mol. The van der Waals surface area contributed by atoms with Crippen molar-refractivity contribution in [2.75, 3.05) is 6.61 Å². The summed E-state index contributed by atoms with van der Waals surface area (Å²) in [6.07, 6.45) is 7.59. The minimum atomic E-state index is -1.73. The summed E-state index contributed by atoms with van der Waals surface area (Å²) in [6, 6.07) is 3.99. The van der Waals surface area contributed by atoms with E-state index >= 15 is 0 Å². The largest absolute Gasteiger partial charge is 0.415 e. The van der Waals surface area contributed by atoms with E-state index in [-0.39, 0.29) is 5.04 Å². The average Bonchev–Trinajstić information content (AvgIpc) is 3.18. The molecule has 0 saturated carbocycles. The topological polar surface area (TPSA) is 44.4 Å². The number of hydrogen-bond donors (Lipinski definition) is 0. The fraction of sp³-hybridized carbons (Fsp3) is 0.400. The zero-order valence-corrected chi connectivity index (χ0v) is 19.6. The van der Waals surface area contributed by atoms with Crippen molar-refractivity contribution in [3.63, 3.8) is 0 Å². The Labute approximate surface area is 175 Å². The van der Waals surface area contributed by atoms with Crippen LogP contribution in [0.5, 0.6) is 0 Å². The van der Waals surface area contributed by atoms with Gasteiger partial charge < -0.3 is 8.99 Å². The second kappa shape index (κ2) is 7.77. The first kappa shape index (κ1) is 20.1. The number of rotatable bonds is 4. The summed E-state index contributed by atoms with van der Waals surface area (Å²) in [4.78, 5) is 8.76. The van der Waals surface area contributed by atoms with E-state index in [9.17, 15) is 0 Å². The highest BCUT2D eigenvalue weighted by Crippen LogP contribution is 2.36. The van der Waals surface area contributed by atoms with Crippen molar-refractivity contribution >= 4 is 36.6 Å².